The quantitative estimate of drug-likeness (QED) is 0.759. The molecule has 0 aromatic heterocycles. The molecule has 1 heteroatoms. The molecule has 0 saturated heterocycles. The summed E-state index contributed by atoms with van der Waals surface area (Å²) < 4.78 is 0. The molecule has 1 N–H and O–H groups in total. The second kappa shape index (κ2) is 4.77. The van der Waals surface area contributed by atoms with E-state index in [2.05, 4.69) is 18.7 Å². The first-order valence-electron chi connectivity index (χ1n) is 6.51. The van der Waals surface area contributed by atoms with Crippen LogP contribution < -0.4 is 0 Å². The Kier molecular flexibility index (Phi) is 2.96. The van der Waals surface area contributed by atoms with E-state index < -0.39 is 0 Å². The summed E-state index contributed by atoms with van der Waals surface area (Å²) in [7, 11) is 0. The van der Waals surface area contributed by atoms with Gasteiger partial charge < -0.3 is 5.11 Å². The van der Waals surface area contributed by atoms with Gasteiger partial charge in [0.25, 0.3) is 0 Å². The lowest BCUT2D eigenvalue weighted by molar-refractivity contribution is 0.514. The summed E-state index contributed by atoms with van der Waals surface area (Å²) in [5, 5.41) is 10.3. The molecule has 3 rings (SSSR count). The molecule has 0 bridgehead atoms. The first-order chi connectivity index (χ1) is 9.31. The van der Waals surface area contributed by atoms with Gasteiger partial charge in [-0.2, -0.15) is 0 Å². The third kappa shape index (κ3) is 1.97. The van der Waals surface area contributed by atoms with Crippen molar-refractivity contribution in [2.45, 2.75) is 12.3 Å². The molecule has 0 saturated carbocycles. The van der Waals surface area contributed by atoms with E-state index in [1.807, 2.05) is 48.6 Å². The van der Waals surface area contributed by atoms with Gasteiger partial charge in [-0.05, 0) is 29.2 Å². The van der Waals surface area contributed by atoms with E-state index in [1.54, 1.807) is 0 Å². The molecule has 0 spiro atoms. The van der Waals surface area contributed by atoms with Gasteiger partial charge in [0.1, 0.15) is 5.76 Å². The average Bonchev–Trinajstić information content (AvgIpc) is 2.56. The van der Waals surface area contributed by atoms with E-state index >= 15 is 0 Å². The second-order valence-electron chi connectivity index (χ2n) is 4.82. The molecule has 1 nitrogen and oxygen atoms in total. The highest BCUT2D eigenvalue weighted by molar-refractivity contribution is 5.81. The van der Waals surface area contributed by atoms with E-state index in [9.17, 15) is 5.11 Å². The van der Waals surface area contributed by atoms with Crippen LogP contribution in [-0.2, 0) is 0 Å². The van der Waals surface area contributed by atoms with Crippen molar-refractivity contribution < 1.29 is 5.11 Å². The van der Waals surface area contributed by atoms with E-state index in [4.69, 9.17) is 0 Å². The number of aliphatic hydroxyl groups excluding tert-OH is 1. The number of allylic oxidation sites excluding steroid dienone is 1. The Morgan fingerprint density at radius 2 is 1.68 bits per heavy atom. The highest BCUT2D eigenvalue weighted by Gasteiger charge is 2.22. The van der Waals surface area contributed by atoms with E-state index in [1.165, 1.54) is 11.1 Å². The Morgan fingerprint density at radius 3 is 2.47 bits per heavy atom. The van der Waals surface area contributed by atoms with Crippen molar-refractivity contribution in [3.8, 4) is 0 Å². The normalized spacial score (nSPS) is 16.8. The van der Waals surface area contributed by atoms with E-state index in [-0.39, 0.29) is 5.92 Å². The van der Waals surface area contributed by atoms with Gasteiger partial charge in [0.05, 0.1) is 0 Å². The minimum absolute atomic E-state index is 0.255. The number of hydrogen-bond donors (Lipinski definition) is 1. The monoisotopic (exact) mass is 248 g/mol. The Labute approximate surface area is 113 Å². The molecule has 2 aromatic carbocycles. The number of aliphatic hydroxyl groups is 1. The van der Waals surface area contributed by atoms with Crippen LogP contribution in [0.3, 0.4) is 0 Å². The van der Waals surface area contributed by atoms with Crippen LogP contribution in [0.2, 0.25) is 0 Å². The van der Waals surface area contributed by atoms with Crippen LogP contribution in [0.15, 0.2) is 61.2 Å². The minimum Gasteiger partial charge on any atom is -0.507 e. The van der Waals surface area contributed by atoms with Crippen molar-refractivity contribution in [2.75, 3.05) is 0 Å². The summed E-state index contributed by atoms with van der Waals surface area (Å²) in [5.74, 6) is 0.598. The average molecular weight is 248 g/mol. The highest BCUT2D eigenvalue weighted by atomic mass is 16.3. The third-order valence-electron chi connectivity index (χ3n) is 3.68. The van der Waals surface area contributed by atoms with Crippen LogP contribution in [-0.4, -0.2) is 5.11 Å². The highest BCUT2D eigenvalue weighted by Crippen LogP contribution is 2.38. The largest absolute Gasteiger partial charge is 0.507 e. The summed E-state index contributed by atoms with van der Waals surface area (Å²) in [5.41, 5.74) is 4.42. The van der Waals surface area contributed by atoms with Gasteiger partial charge in [0.15, 0.2) is 0 Å². The van der Waals surface area contributed by atoms with Gasteiger partial charge in [-0.3, -0.25) is 0 Å². The molecule has 1 aliphatic rings. The lowest BCUT2D eigenvalue weighted by atomic mass is 9.85. The fourth-order valence-corrected chi connectivity index (χ4v) is 2.81. The topological polar surface area (TPSA) is 20.2 Å². The number of fused-ring (bicyclic) bond motifs is 2. The summed E-state index contributed by atoms with van der Waals surface area (Å²) >= 11 is 0. The zero-order valence-corrected chi connectivity index (χ0v) is 10.7. The smallest absolute Gasteiger partial charge is 0.123 e. The second-order valence-corrected chi connectivity index (χ2v) is 4.82. The summed E-state index contributed by atoms with van der Waals surface area (Å²) in [4.78, 5) is 0. The molecule has 1 atom stereocenters. The molecule has 2 aromatic rings. The molecule has 94 valence electrons. The van der Waals surface area contributed by atoms with Gasteiger partial charge in [0, 0.05) is 11.5 Å². The standard InChI is InChI=1S/C18H16O/c1-2-7-15-14-9-4-3-8-13(14)12-18(19)17-11-6-5-10-16(15)17/h2-6,8-12,15,19H,1,7H2. The fourth-order valence-electron chi connectivity index (χ4n) is 2.81. The number of benzene rings is 2. The molecular formula is C18H16O. The maximum atomic E-state index is 10.3. The molecule has 0 amide bonds. The van der Waals surface area contributed by atoms with Crippen LogP contribution >= 0.6 is 0 Å². The van der Waals surface area contributed by atoms with Gasteiger partial charge in [-0.1, -0.05) is 54.6 Å². The van der Waals surface area contributed by atoms with Gasteiger partial charge in [0.2, 0.25) is 0 Å². The predicted molar refractivity (Wildman–Crippen MR) is 80.0 cm³/mol. The SMILES string of the molecule is C=CCC1c2ccccc2C=C(O)c2ccccc21. The van der Waals surface area contributed by atoms with E-state index in [0.717, 1.165) is 17.5 Å². The first-order valence-corrected chi connectivity index (χ1v) is 6.51. The number of rotatable bonds is 2. The third-order valence-corrected chi connectivity index (χ3v) is 3.68. The molecule has 1 unspecified atom stereocenters. The van der Waals surface area contributed by atoms with Crippen molar-refractivity contribution in [1.82, 2.24) is 0 Å². The Hall–Kier alpha value is -2.28. The van der Waals surface area contributed by atoms with Crippen LogP contribution in [0.4, 0.5) is 0 Å². The molecular weight excluding hydrogens is 232 g/mol. The Balaban J connectivity index is 2.29. The predicted octanol–water partition coefficient (Wildman–Crippen LogP) is 4.76. The van der Waals surface area contributed by atoms with Crippen molar-refractivity contribution in [1.29, 1.82) is 0 Å². The number of hydrogen-bond acceptors (Lipinski definition) is 1. The van der Waals surface area contributed by atoms with Crippen molar-refractivity contribution in [3.63, 3.8) is 0 Å². The Bertz CT molecular complexity index is 652. The lowest BCUT2D eigenvalue weighted by Gasteiger charge is -2.18. The van der Waals surface area contributed by atoms with Gasteiger partial charge in [-0.25, -0.2) is 0 Å². The molecule has 1 aliphatic carbocycles. The fraction of sp³-hybridized carbons (Fsp3) is 0.111. The molecule has 0 fully saturated rings. The van der Waals surface area contributed by atoms with Crippen LogP contribution in [0, 0.1) is 0 Å². The van der Waals surface area contributed by atoms with Crippen LogP contribution in [0.1, 0.15) is 34.6 Å². The molecule has 19 heavy (non-hydrogen) atoms. The van der Waals surface area contributed by atoms with E-state index in [0.29, 0.717) is 5.76 Å². The van der Waals surface area contributed by atoms with Crippen LogP contribution in [0.25, 0.3) is 11.8 Å². The summed E-state index contributed by atoms with van der Waals surface area (Å²) in [6.45, 7) is 3.87. The van der Waals surface area contributed by atoms with Gasteiger partial charge in [-0.15, -0.1) is 6.58 Å². The van der Waals surface area contributed by atoms with Crippen molar-refractivity contribution in [3.05, 3.63) is 83.4 Å². The summed E-state index contributed by atoms with van der Waals surface area (Å²) in [6, 6.07) is 16.3. The maximum absolute atomic E-state index is 10.3. The van der Waals surface area contributed by atoms with Crippen LogP contribution in [0.5, 0.6) is 0 Å². The maximum Gasteiger partial charge on any atom is 0.123 e. The first kappa shape index (κ1) is 11.8. The zero-order valence-electron chi connectivity index (χ0n) is 10.7. The van der Waals surface area contributed by atoms with Gasteiger partial charge >= 0.3 is 0 Å². The van der Waals surface area contributed by atoms with Crippen molar-refractivity contribution >= 4 is 11.8 Å². The molecule has 0 aliphatic heterocycles. The molecule has 0 heterocycles. The minimum atomic E-state index is 0.255. The molecule has 0 radical (unpaired) electrons. The van der Waals surface area contributed by atoms with Crippen molar-refractivity contribution in [2.24, 2.45) is 0 Å². The Morgan fingerprint density at radius 1 is 1.00 bits per heavy atom. The lowest BCUT2D eigenvalue weighted by Crippen LogP contribution is -2.03. The summed E-state index contributed by atoms with van der Waals surface area (Å²) in [6.07, 6.45) is 4.67. The zero-order chi connectivity index (χ0) is 13.2.